The zero-order chi connectivity index (χ0) is 13.3. The molecule has 4 N–H and O–H groups in total. The van der Waals surface area contributed by atoms with Crippen LogP contribution < -0.4 is 10.5 Å². The van der Waals surface area contributed by atoms with Crippen LogP contribution in [-0.2, 0) is 10.0 Å². The molecule has 102 valence electrons. The minimum Gasteiger partial charge on any atom is -0.394 e. The number of hydrogen-bond donors (Lipinski definition) is 3. The molecule has 0 unspecified atom stereocenters. The average molecular weight is 276 g/mol. The predicted octanol–water partition coefficient (Wildman–Crippen LogP) is -0.795. The molecule has 1 aromatic rings. The Kier molecular flexibility index (Phi) is 3.66. The fraction of sp³-hybridized carbons (Fsp3) is 0.778. The largest absolute Gasteiger partial charge is 0.394 e. The quantitative estimate of drug-likeness (QED) is 0.620. The van der Waals surface area contributed by atoms with Crippen molar-refractivity contribution in [3.05, 3.63) is 11.7 Å². The molecule has 2 atom stereocenters. The lowest BCUT2D eigenvalue weighted by Crippen LogP contribution is -2.30. The van der Waals surface area contributed by atoms with E-state index in [2.05, 4.69) is 14.9 Å². The van der Waals surface area contributed by atoms with Crippen LogP contribution in [0.3, 0.4) is 0 Å². The summed E-state index contributed by atoms with van der Waals surface area (Å²) >= 11 is 0. The van der Waals surface area contributed by atoms with Gasteiger partial charge in [0.1, 0.15) is 0 Å². The number of rotatable bonds is 6. The third-order valence-electron chi connectivity index (χ3n) is 2.66. The summed E-state index contributed by atoms with van der Waals surface area (Å²) < 4.78 is 30.8. The van der Waals surface area contributed by atoms with Crippen LogP contribution in [0.4, 0.5) is 0 Å². The number of aliphatic hydroxyl groups is 1. The number of nitrogens with one attached hydrogen (secondary N) is 1. The van der Waals surface area contributed by atoms with Crippen LogP contribution >= 0.6 is 0 Å². The van der Waals surface area contributed by atoms with Gasteiger partial charge in [-0.05, 0) is 19.8 Å². The van der Waals surface area contributed by atoms with Gasteiger partial charge in [0.15, 0.2) is 5.82 Å². The van der Waals surface area contributed by atoms with Crippen LogP contribution in [0, 0.1) is 0 Å². The van der Waals surface area contributed by atoms with Crippen molar-refractivity contribution in [2.24, 2.45) is 5.73 Å². The molecule has 1 aliphatic rings. The second-order valence-electron chi connectivity index (χ2n) is 4.36. The van der Waals surface area contributed by atoms with Gasteiger partial charge in [-0.3, -0.25) is 0 Å². The molecular formula is C9H16N4O4S. The van der Waals surface area contributed by atoms with E-state index in [4.69, 9.17) is 15.4 Å². The number of nitrogens with two attached hydrogens (primary N) is 1. The highest BCUT2D eigenvalue weighted by Gasteiger charge is 2.37. The number of hydrogen-bond acceptors (Lipinski definition) is 7. The summed E-state index contributed by atoms with van der Waals surface area (Å²) in [6.07, 6.45) is 1.37. The lowest BCUT2D eigenvalue weighted by molar-refractivity contribution is 0.259. The normalized spacial score (nSPS) is 19.7. The SMILES string of the molecule is C[C@H](NS(=O)(=O)C1CC1)c1nc([C@@H](N)CO)no1. The Morgan fingerprint density at radius 1 is 1.61 bits per heavy atom. The third kappa shape index (κ3) is 2.86. The van der Waals surface area contributed by atoms with E-state index in [0.717, 1.165) is 0 Å². The first-order valence-corrected chi connectivity index (χ1v) is 7.19. The number of aromatic nitrogens is 2. The molecule has 2 rings (SSSR count). The zero-order valence-corrected chi connectivity index (χ0v) is 10.7. The van der Waals surface area contributed by atoms with Crippen molar-refractivity contribution in [2.75, 3.05) is 6.61 Å². The number of aliphatic hydroxyl groups excluding tert-OH is 1. The van der Waals surface area contributed by atoms with Crippen molar-refractivity contribution in [1.29, 1.82) is 0 Å². The molecule has 8 nitrogen and oxygen atoms in total. The lowest BCUT2D eigenvalue weighted by atomic mass is 10.3. The minimum absolute atomic E-state index is 0.137. The van der Waals surface area contributed by atoms with Crippen LogP contribution in [0.2, 0.25) is 0 Å². The van der Waals surface area contributed by atoms with E-state index in [-0.39, 0.29) is 23.6 Å². The van der Waals surface area contributed by atoms with Gasteiger partial charge in [-0.2, -0.15) is 4.98 Å². The molecular weight excluding hydrogens is 260 g/mol. The van der Waals surface area contributed by atoms with E-state index in [9.17, 15) is 8.42 Å². The molecule has 0 aromatic carbocycles. The molecule has 1 heterocycles. The highest BCUT2D eigenvalue weighted by Crippen LogP contribution is 2.28. The minimum atomic E-state index is -3.31. The topological polar surface area (TPSA) is 131 Å². The molecule has 0 spiro atoms. The second kappa shape index (κ2) is 4.92. The maximum absolute atomic E-state index is 11.7. The van der Waals surface area contributed by atoms with Gasteiger partial charge < -0.3 is 15.4 Å². The Labute approximate surface area is 105 Å². The van der Waals surface area contributed by atoms with Crippen molar-refractivity contribution in [3.63, 3.8) is 0 Å². The summed E-state index contributed by atoms with van der Waals surface area (Å²) in [5.74, 6) is 0.295. The highest BCUT2D eigenvalue weighted by atomic mass is 32.2. The van der Waals surface area contributed by atoms with Crippen molar-refractivity contribution in [1.82, 2.24) is 14.9 Å². The van der Waals surface area contributed by atoms with Crippen molar-refractivity contribution < 1.29 is 18.0 Å². The van der Waals surface area contributed by atoms with E-state index in [1.165, 1.54) is 0 Å². The van der Waals surface area contributed by atoms with E-state index < -0.39 is 22.1 Å². The zero-order valence-electron chi connectivity index (χ0n) is 9.91. The van der Waals surface area contributed by atoms with Gasteiger partial charge in [-0.25, -0.2) is 13.1 Å². The van der Waals surface area contributed by atoms with Crippen LogP contribution in [0.15, 0.2) is 4.52 Å². The van der Waals surface area contributed by atoms with E-state index >= 15 is 0 Å². The van der Waals surface area contributed by atoms with Gasteiger partial charge in [-0.15, -0.1) is 0 Å². The molecule has 1 saturated carbocycles. The monoisotopic (exact) mass is 276 g/mol. The Hall–Kier alpha value is -1.03. The van der Waals surface area contributed by atoms with Crippen LogP contribution in [0.25, 0.3) is 0 Å². The molecule has 1 fully saturated rings. The molecule has 0 aliphatic heterocycles. The van der Waals surface area contributed by atoms with Crippen molar-refractivity contribution in [3.8, 4) is 0 Å². The van der Waals surface area contributed by atoms with Gasteiger partial charge in [0.2, 0.25) is 15.9 Å². The summed E-state index contributed by atoms with van der Waals surface area (Å²) in [4.78, 5) is 3.96. The van der Waals surface area contributed by atoms with Crippen molar-refractivity contribution >= 4 is 10.0 Å². The number of sulfonamides is 1. The van der Waals surface area contributed by atoms with Crippen LogP contribution in [-0.4, -0.2) is 35.5 Å². The Balaban J connectivity index is 2.04. The van der Waals surface area contributed by atoms with E-state index in [0.29, 0.717) is 12.8 Å². The summed E-state index contributed by atoms with van der Waals surface area (Å²) in [5.41, 5.74) is 5.52. The molecule has 1 aromatic heterocycles. The number of nitrogens with zero attached hydrogens (tertiary/aromatic N) is 2. The first-order chi connectivity index (χ1) is 8.44. The standard InChI is InChI=1S/C9H16N4O4S/c1-5(13-18(15,16)6-2-3-6)9-11-8(12-17-9)7(10)4-14/h5-7,13-14H,2-4,10H2,1H3/t5-,7-/m0/s1. The van der Waals surface area contributed by atoms with Gasteiger partial charge in [0.25, 0.3) is 0 Å². The summed E-state index contributed by atoms with van der Waals surface area (Å²) in [6.45, 7) is 1.31. The molecule has 0 saturated heterocycles. The molecule has 0 radical (unpaired) electrons. The first-order valence-electron chi connectivity index (χ1n) is 5.65. The molecule has 9 heteroatoms. The smallest absolute Gasteiger partial charge is 0.244 e. The second-order valence-corrected chi connectivity index (χ2v) is 6.36. The Morgan fingerprint density at radius 3 is 2.83 bits per heavy atom. The van der Waals surface area contributed by atoms with E-state index in [1.54, 1.807) is 6.92 Å². The van der Waals surface area contributed by atoms with Crippen LogP contribution in [0.1, 0.15) is 43.6 Å². The lowest BCUT2D eigenvalue weighted by Gasteiger charge is -2.09. The van der Waals surface area contributed by atoms with Gasteiger partial charge >= 0.3 is 0 Å². The highest BCUT2D eigenvalue weighted by molar-refractivity contribution is 7.90. The van der Waals surface area contributed by atoms with Gasteiger partial charge in [0, 0.05) is 0 Å². The molecule has 1 aliphatic carbocycles. The predicted molar refractivity (Wildman–Crippen MR) is 61.8 cm³/mol. The van der Waals surface area contributed by atoms with Crippen LogP contribution in [0.5, 0.6) is 0 Å². The average Bonchev–Trinajstić information content (AvgIpc) is 3.06. The van der Waals surface area contributed by atoms with Gasteiger partial charge in [-0.1, -0.05) is 5.16 Å². The molecule has 0 bridgehead atoms. The summed E-state index contributed by atoms with van der Waals surface area (Å²) in [5, 5.41) is 12.1. The maximum atomic E-state index is 11.7. The summed E-state index contributed by atoms with van der Waals surface area (Å²) in [7, 11) is -3.31. The van der Waals surface area contributed by atoms with E-state index in [1.807, 2.05) is 0 Å². The first kappa shape index (κ1) is 13.4. The molecule has 0 amide bonds. The third-order valence-corrected chi connectivity index (χ3v) is 4.69. The maximum Gasteiger partial charge on any atom is 0.244 e. The molecule has 18 heavy (non-hydrogen) atoms. The fourth-order valence-corrected chi connectivity index (χ4v) is 2.97. The summed E-state index contributed by atoms with van der Waals surface area (Å²) in [6, 6.07) is -1.34. The van der Waals surface area contributed by atoms with Crippen molar-refractivity contribution in [2.45, 2.75) is 37.1 Å². The Morgan fingerprint density at radius 2 is 2.28 bits per heavy atom. The fourth-order valence-electron chi connectivity index (χ4n) is 1.43. The van der Waals surface area contributed by atoms with Gasteiger partial charge in [0.05, 0.1) is 23.9 Å². The Bertz CT molecular complexity index is 510.